The van der Waals surface area contributed by atoms with E-state index in [-0.39, 0.29) is 18.2 Å². The van der Waals surface area contributed by atoms with Gasteiger partial charge in [0.2, 0.25) is 5.91 Å². The molecule has 4 nitrogen and oxygen atoms in total. The first kappa shape index (κ1) is 15.0. The van der Waals surface area contributed by atoms with Gasteiger partial charge in [-0.15, -0.1) is 0 Å². The highest BCUT2D eigenvalue weighted by atomic mass is 16.2. The smallest absolute Gasteiger partial charge is 0.220 e. The quantitative estimate of drug-likeness (QED) is 0.687. The molecule has 2 N–H and O–H groups in total. The van der Waals surface area contributed by atoms with Gasteiger partial charge in [-0.05, 0) is 18.1 Å². The number of fused-ring (bicyclic) bond motifs is 1. The van der Waals surface area contributed by atoms with E-state index in [2.05, 4.69) is 10.3 Å². The third-order valence-electron chi connectivity index (χ3n) is 3.82. The third-order valence-corrected chi connectivity index (χ3v) is 3.82. The van der Waals surface area contributed by atoms with E-state index in [1.54, 1.807) is 6.20 Å². The van der Waals surface area contributed by atoms with Crippen LogP contribution in [-0.4, -0.2) is 23.2 Å². The number of hydrogen-bond donors (Lipinski definition) is 2. The van der Waals surface area contributed by atoms with Crippen molar-refractivity contribution in [3.8, 4) is 0 Å². The first-order chi connectivity index (χ1) is 11.2. The molecule has 3 aromatic rings. The van der Waals surface area contributed by atoms with E-state index in [0.29, 0.717) is 18.4 Å². The zero-order valence-corrected chi connectivity index (χ0v) is 12.7. The fourth-order valence-corrected chi connectivity index (χ4v) is 2.57. The molecule has 0 aliphatic heterocycles. The molecule has 0 unspecified atom stereocenters. The number of para-hydroxylation sites is 1. The second-order valence-electron chi connectivity index (χ2n) is 5.43. The summed E-state index contributed by atoms with van der Waals surface area (Å²) >= 11 is 0. The van der Waals surface area contributed by atoms with Crippen LogP contribution >= 0.6 is 0 Å². The summed E-state index contributed by atoms with van der Waals surface area (Å²) in [6, 6.07) is 17.5. The fraction of sp³-hybridized carbons (Fsp3) is 0.158. The van der Waals surface area contributed by atoms with Crippen molar-refractivity contribution in [2.45, 2.75) is 12.8 Å². The minimum Gasteiger partial charge on any atom is -0.360 e. The van der Waals surface area contributed by atoms with Gasteiger partial charge in [0, 0.05) is 29.1 Å². The fourth-order valence-electron chi connectivity index (χ4n) is 2.57. The number of amides is 1. The van der Waals surface area contributed by atoms with Crippen molar-refractivity contribution in [2.24, 2.45) is 0 Å². The van der Waals surface area contributed by atoms with Crippen molar-refractivity contribution in [1.82, 2.24) is 10.3 Å². The lowest BCUT2D eigenvalue weighted by molar-refractivity contribution is -0.120. The summed E-state index contributed by atoms with van der Waals surface area (Å²) in [5, 5.41) is 3.59. The van der Waals surface area contributed by atoms with Crippen LogP contribution in [0.4, 0.5) is 0 Å². The lowest BCUT2D eigenvalue weighted by Crippen LogP contribution is -2.29. The molecular weight excluding hydrogens is 288 g/mol. The van der Waals surface area contributed by atoms with Gasteiger partial charge in [0.15, 0.2) is 5.78 Å². The second-order valence-corrected chi connectivity index (χ2v) is 5.43. The number of aromatic amines is 1. The Labute approximate surface area is 134 Å². The number of aryl methyl sites for hydroxylation is 1. The summed E-state index contributed by atoms with van der Waals surface area (Å²) in [5.74, 6) is -0.197. The number of hydrogen-bond acceptors (Lipinski definition) is 2. The van der Waals surface area contributed by atoms with Crippen LogP contribution in [0.15, 0.2) is 60.8 Å². The number of benzene rings is 2. The van der Waals surface area contributed by atoms with Crippen LogP contribution in [-0.2, 0) is 11.2 Å². The van der Waals surface area contributed by atoms with Gasteiger partial charge in [-0.25, -0.2) is 0 Å². The summed E-state index contributed by atoms with van der Waals surface area (Å²) in [6.07, 6.45) is 2.75. The van der Waals surface area contributed by atoms with E-state index in [9.17, 15) is 9.59 Å². The zero-order chi connectivity index (χ0) is 16.1. The van der Waals surface area contributed by atoms with Gasteiger partial charge in [-0.3, -0.25) is 9.59 Å². The van der Waals surface area contributed by atoms with Crippen molar-refractivity contribution >= 4 is 22.6 Å². The molecule has 2 aromatic carbocycles. The summed E-state index contributed by atoms with van der Waals surface area (Å²) in [7, 11) is 0. The summed E-state index contributed by atoms with van der Waals surface area (Å²) in [4.78, 5) is 27.2. The van der Waals surface area contributed by atoms with Crippen molar-refractivity contribution in [1.29, 1.82) is 0 Å². The van der Waals surface area contributed by atoms with Gasteiger partial charge >= 0.3 is 0 Å². The van der Waals surface area contributed by atoms with Crippen molar-refractivity contribution < 1.29 is 9.59 Å². The highest BCUT2D eigenvalue weighted by Gasteiger charge is 2.12. The maximum Gasteiger partial charge on any atom is 0.220 e. The summed E-state index contributed by atoms with van der Waals surface area (Å²) in [5.41, 5.74) is 2.65. The molecule has 1 amide bonds. The van der Waals surface area contributed by atoms with E-state index >= 15 is 0 Å². The minimum atomic E-state index is -0.109. The number of Topliss-reactive ketones (excluding diaryl/α,β-unsaturated/α-hetero) is 1. The van der Waals surface area contributed by atoms with Crippen LogP contribution in [0, 0.1) is 0 Å². The van der Waals surface area contributed by atoms with Crippen LogP contribution in [0.2, 0.25) is 0 Å². The normalized spacial score (nSPS) is 10.6. The van der Waals surface area contributed by atoms with Crippen LogP contribution in [0.3, 0.4) is 0 Å². The van der Waals surface area contributed by atoms with Crippen LogP contribution in [0.5, 0.6) is 0 Å². The molecule has 0 saturated heterocycles. The van der Waals surface area contributed by atoms with Gasteiger partial charge in [-0.1, -0.05) is 48.5 Å². The molecule has 0 atom stereocenters. The largest absolute Gasteiger partial charge is 0.360 e. The minimum absolute atomic E-state index is 0.0233. The predicted molar refractivity (Wildman–Crippen MR) is 90.4 cm³/mol. The van der Waals surface area contributed by atoms with E-state index < -0.39 is 0 Å². The Kier molecular flexibility index (Phi) is 4.52. The number of ketones is 1. The number of nitrogens with one attached hydrogen (secondary N) is 2. The Morgan fingerprint density at radius 1 is 0.957 bits per heavy atom. The Balaban J connectivity index is 1.53. The Hall–Kier alpha value is -2.88. The number of carbonyl (C=O) groups excluding carboxylic acids is 2. The number of H-pyrrole nitrogens is 1. The van der Waals surface area contributed by atoms with Gasteiger partial charge in [0.25, 0.3) is 0 Å². The summed E-state index contributed by atoms with van der Waals surface area (Å²) < 4.78 is 0. The maximum atomic E-state index is 12.3. The van der Waals surface area contributed by atoms with E-state index in [1.165, 1.54) is 0 Å². The first-order valence-corrected chi connectivity index (χ1v) is 7.64. The predicted octanol–water partition coefficient (Wildman–Crippen LogP) is 3.10. The van der Waals surface area contributed by atoms with Crippen molar-refractivity contribution in [2.75, 3.05) is 6.54 Å². The van der Waals surface area contributed by atoms with Gasteiger partial charge in [0.05, 0.1) is 6.54 Å². The Bertz CT molecular complexity index is 822. The highest BCUT2D eigenvalue weighted by molar-refractivity contribution is 6.09. The van der Waals surface area contributed by atoms with E-state index in [4.69, 9.17) is 0 Å². The molecule has 4 heteroatoms. The topological polar surface area (TPSA) is 62.0 Å². The molecule has 0 radical (unpaired) electrons. The number of carbonyl (C=O) groups is 2. The van der Waals surface area contributed by atoms with Gasteiger partial charge < -0.3 is 10.3 Å². The lowest BCUT2D eigenvalue weighted by Gasteiger charge is -2.04. The van der Waals surface area contributed by atoms with Gasteiger partial charge in [0.1, 0.15) is 0 Å². The molecule has 0 fully saturated rings. The SMILES string of the molecule is O=C(CCc1ccccc1)NCC(=O)c1c[nH]c2ccccc12. The molecule has 3 rings (SSSR count). The lowest BCUT2D eigenvalue weighted by atomic mass is 10.1. The van der Waals surface area contributed by atoms with Crippen LogP contribution < -0.4 is 5.32 Å². The second kappa shape index (κ2) is 6.92. The molecule has 116 valence electrons. The van der Waals surface area contributed by atoms with E-state index in [1.807, 2.05) is 54.6 Å². The molecule has 0 saturated carbocycles. The number of aromatic nitrogens is 1. The monoisotopic (exact) mass is 306 g/mol. The molecule has 0 aliphatic carbocycles. The van der Waals surface area contributed by atoms with Crippen molar-refractivity contribution in [3.63, 3.8) is 0 Å². The molecule has 1 aromatic heterocycles. The van der Waals surface area contributed by atoms with Crippen LogP contribution in [0.25, 0.3) is 10.9 Å². The maximum absolute atomic E-state index is 12.3. The Morgan fingerprint density at radius 2 is 1.70 bits per heavy atom. The highest BCUT2D eigenvalue weighted by Crippen LogP contribution is 2.17. The molecule has 0 bridgehead atoms. The van der Waals surface area contributed by atoms with Crippen molar-refractivity contribution in [3.05, 3.63) is 71.9 Å². The molecule has 1 heterocycles. The Morgan fingerprint density at radius 3 is 2.52 bits per heavy atom. The average Bonchev–Trinajstić information content (AvgIpc) is 3.03. The number of rotatable bonds is 6. The molecular formula is C19H18N2O2. The summed E-state index contributed by atoms with van der Waals surface area (Å²) in [6.45, 7) is 0.0233. The molecule has 0 spiro atoms. The standard InChI is InChI=1S/C19H18N2O2/c22-18(16-12-20-17-9-5-4-8-15(16)17)13-21-19(23)11-10-14-6-2-1-3-7-14/h1-9,12,20H,10-11,13H2,(H,21,23). The third kappa shape index (κ3) is 3.66. The zero-order valence-electron chi connectivity index (χ0n) is 12.7. The van der Waals surface area contributed by atoms with Crippen LogP contribution in [0.1, 0.15) is 22.3 Å². The van der Waals surface area contributed by atoms with Gasteiger partial charge in [-0.2, -0.15) is 0 Å². The average molecular weight is 306 g/mol. The first-order valence-electron chi connectivity index (χ1n) is 7.64. The molecule has 0 aliphatic rings. The van der Waals surface area contributed by atoms with E-state index in [0.717, 1.165) is 16.5 Å². The molecule has 23 heavy (non-hydrogen) atoms.